The fourth-order valence-electron chi connectivity index (χ4n) is 0.534. The smallest absolute Gasteiger partial charge is 0.0544 e. The van der Waals surface area contributed by atoms with Crippen LogP contribution in [-0.2, 0) is 0 Å². The standard InChI is InChI=1S/C3H7B7/c1-2-3-5-7-9-10-8-6-4/h2-3H2,1H3. The van der Waals surface area contributed by atoms with E-state index in [0.29, 0.717) is 0 Å². The highest BCUT2D eigenvalue weighted by Crippen LogP contribution is 1.81. The van der Waals surface area contributed by atoms with Crippen LogP contribution in [-0.4, -0.2) is 50.2 Å². The van der Waals surface area contributed by atoms with E-state index in [-0.39, 0.29) is 0 Å². The number of hydrogen-bond donors (Lipinski definition) is 0. The molecule has 0 saturated carbocycles. The Balaban J connectivity index is 2.65. The van der Waals surface area contributed by atoms with E-state index in [2.05, 4.69) is 14.1 Å². The lowest BCUT2D eigenvalue weighted by Crippen LogP contribution is -2.26. The average Bonchev–Trinajstić information content (AvgIpc) is 1.97. The third-order valence-electron chi connectivity index (χ3n) is 1.04. The molecule has 0 spiro atoms. The Morgan fingerprint density at radius 2 is 1.80 bits per heavy atom. The third kappa shape index (κ3) is 8.45. The number of hydrogen-bond acceptors (Lipinski definition) is 0. The van der Waals surface area contributed by atoms with Crippen molar-refractivity contribution in [3.05, 3.63) is 0 Å². The van der Waals surface area contributed by atoms with Gasteiger partial charge in [0.1, 0.15) is 0 Å². The van der Waals surface area contributed by atoms with Crippen molar-refractivity contribution in [1.82, 2.24) is 0 Å². The molecule has 0 rings (SSSR count). The van der Waals surface area contributed by atoms with Crippen LogP contribution in [0.15, 0.2) is 0 Å². The zero-order valence-corrected chi connectivity index (χ0v) is 6.46. The topological polar surface area (TPSA) is 0 Å². The normalized spacial score (nSPS) is 7.70. The van der Waals surface area contributed by atoms with Crippen LogP contribution in [0.3, 0.4) is 0 Å². The number of rotatable bonds is 7. The Kier molecular flexibility index (Phi) is 9.88. The molecule has 0 atom stereocenters. The van der Waals surface area contributed by atoms with E-state index in [1.165, 1.54) is 13.5 Å². The van der Waals surface area contributed by atoms with Crippen molar-refractivity contribution in [3.63, 3.8) is 0 Å². The summed E-state index contributed by atoms with van der Waals surface area (Å²) < 4.78 is 0. The molecule has 0 heterocycles. The molecule has 0 aromatic rings. The SMILES string of the molecule is [B][B][B][B][B][B][B]CCC. The van der Waals surface area contributed by atoms with Crippen LogP contribution in [0.2, 0.25) is 6.32 Å². The second-order valence-electron chi connectivity index (χ2n) is 1.99. The first-order chi connectivity index (χ1) is 4.91. The Hall–Kier alpha value is 0.455. The summed E-state index contributed by atoms with van der Waals surface area (Å²) in [6.45, 7) is 2.16. The molecule has 0 amide bonds. The Morgan fingerprint density at radius 1 is 1.10 bits per heavy atom. The lowest BCUT2D eigenvalue weighted by molar-refractivity contribution is 1.08. The van der Waals surface area contributed by atoms with Crippen LogP contribution in [0, 0.1) is 0 Å². The highest BCUT2D eigenvalue weighted by Gasteiger charge is 1.92. The van der Waals surface area contributed by atoms with E-state index in [9.17, 15) is 0 Å². The van der Waals surface area contributed by atoms with Crippen molar-refractivity contribution in [2.75, 3.05) is 0 Å². The fourth-order valence-corrected chi connectivity index (χ4v) is 0.534. The second kappa shape index (κ2) is 9.45. The van der Waals surface area contributed by atoms with Gasteiger partial charge in [-0.15, -0.1) is 0 Å². The summed E-state index contributed by atoms with van der Waals surface area (Å²) in [6.07, 6.45) is 2.35. The van der Waals surface area contributed by atoms with Crippen LogP contribution in [0.1, 0.15) is 13.3 Å². The van der Waals surface area contributed by atoms with Gasteiger partial charge in [-0.1, -0.05) is 19.7 Å². The van der Waals surface area contributed by atoms with Crippen molar-refractivity contribution in [3.8, 4) is 0 Å². The van der Waals surface area contributed by atoms with Gasteiger partial charge in [-0.05, 0) is 0 Å². The maximum Gasteiger partial charge on any atom is 0.0544 e. The van der Waals surface area contributed by atoms with E-state index < -0.39 is 0 Å². The minimum Gasteiger partial charge on any atom is -0.0898 e. The molecule has 0 N–H and O–H groups in total. The molecular formula is C3H7B7. The molecule has 0 bridgehead atoms. The molecular weight excluding hydrogens is 112 g/mol. The Bertz CT molecular complexity index is 48.8. The van der Waals surface area contributed by atoms with Gasteiger partial charge in [0.2, 0.25) is 0 Å². The first-order valence-electron chi connectivity index (χ1n) is 3.62. The minimum absolute atomic E-state index is 1.15. The molecule has 0 aliphatic carbocycles. The Morgan fingerprint density at radius 3 is 2.40 bits per heavy atom. The van der Waals surface area contributed by atoms with E-state index in [1.54, 1.807) is 7.06 Å². The third-order valence-corrected chi connectivity index (χ3v) is 1.04. The molecule has 10 heavy (non-hydrogen) atoms. The van der Waals surface area contributed by atoms with Gasteiger partial charge in [0.05, 0.1) is 7.17 Å². The van der Waals surface area contributed by atoms with E-state index in [1.807, 2.05) is 21.2 Å². The van der Waals surface area contributed by atoms with Crippen molar-refractivity contribution < 1.29 is 0 Å². The molecule has 0 nitrogen and oxygen atoms in total. The average molecular weight is 119 g/mol. The summed E-state index contributed by atoms with van der Waals surface area (Å²) in [5, 5.41) is 0. The van der Waals surface area contributed by atoms with Crippen LogP contribution >= 0.6 is 0 Å². The molecule has 0 aliphatic heterocycles. The molecule has 40 valence electrons. The molecule has 0 aromatic heterocycles. The summed E-state index contributed by atoms with van der Waals surface area (Å²) in [6, 6.07) is 0. The largest absolute Gasteiger partial charge is 0.0898 e. The summed E-state index contributed by atoms with van der Waals surface area (Å²) in [7, 11) is 16.5. The van der Waals surface area contributed by atoms with Gasteiger partial charge in [0.15, 0.2) is 0 Å². The monoisotopic (exact) mass is 120 g/mol. The lowest BCUT2D eigenvalue weighted by Gasteiger charge is -1.92. The van der Waals surface area contributed by atoms with Gasteiger partial charge in [-0.25, -0.2) is 0 Å². The van der Waals surface area contributed by atoms with Gasteiger partial charge >= 0.3 is 0 Å². The minimum atomic E-state index is 1.15. The fraction of sp³-hybridized carbons (Fsp3) is 1.00. The van der Waals surface area contributed by atoms with Crippen LogP contribution in [0.5, 0.6) is 0 Å². The summed E-state index contributed by atoms with van der Waals surface area (Å²) in [5.41, 5.74) is 0. The molecule has 7 heteroatoms. The zero-order valence-electron chi connectivity index (χ0n) is 6.46. The predicted octanol–water partition coefficient (Wildman–Crippen LogP) is -1.30. The van der Waals surface area contributed by atoms with Crippen molar-refractivity contribution in [2.24, 2.45) is 0 Å². The molecule has 0 aliphatic rings. The zero-order chi connectivity index (χ0) is 7.66. The lowest BCUT2D eigenvalue weighted by atomic mass is 8.95. The highest BCUT2D eigenvalue weighted by molar-refractivity contribution is 7.61. The predicted molar refractivity (Wildman–Crippen MR) is 55.4 cm³/mol. The molecule has 0 unspecified atom stereocenters. The van der Waals surface area contributed by atoms with Gasteiger partial charge in [0.25, 0.3) is 0 Å². The van der Waals surface area contributed by atoms with Crippen LogP contribution < -0.4 is 0 Å². The van der Waals surface area contributed by atoms with Gasteiger partial charge in [-0.3, -0.25) is 0 Å². The van der Waals surface area contributed by atoms with Gasteiger partial charge < -0.3 is 0 Å². The maximum absolute atomic E-state index is 5.11. The maximum atomic E-state index is 5.11. The quantitative estimate of drug-likeness (QED) is 0.288. The summed E-state index contributed by atoms with van der Waals surface area (Å²) in [4.78, 5) is 0. The van der Waals surface area contributed by atoms with E-state index >= 15 is 0 Å². The van der Waals surface area contributed by atoms with Crippen molar-refractivity contribution in [2.45, 2.75) is 19.7 Å². The van der Waals surface area contributed by atoms with E-state index in [4.69, 9.17) is 7.74 Å². The molecule has 0 aromatic carbocycles. The first kappa shape index (κ1) is 10.5. The first-order valence-corrected chi connectivity index (χ1v) is 3.62. The van der Waals surface area contributed by atoms with Gasteiger partial charge in [-0.2, -0.15) is 0 Å². The van der Waals surface area contributed by atoms with Crippen molar-refractivity contribution in [1.29, 1.82) is 0 Å². The molecule has 0 fully saturated rings. The second-order valence-corrected chi connectivity index (χ2v) is 1.99. The summed E-state index contributed by atoms with van der Waals surface area (Å²) >= 11 is 0. The Labute approximate surface area is 70.4 Å². The summed E-state index contributed by atoms with van der Waals surface area (Å²) in [5.74, 6) is 0. The van der Waals surface area contributed by atoms with E-state index in [0.717, 1.165) is 6.32 Å². The van der Waals surface area contributed by atoms with Crippen molar-refractivity contribution >= 4 is 50.2 Å². The highest BCUT2D eigenvalue weighted by atomic mass is 13.6. The van der Waals surface area contributed by atoms with Gasteiger partial charge in [0, 0.05) is 43.0 Å². The molecule has 8 radical (unpaired) electrons. The van der Waals surface area contributed by atoms with Crippen LogP contribution in [0.25, 0.3) is 0 Å². The molecule has 0 saturated heterocycles. The van der Waals surface area contributed by atoms with Crippen LogP contribution in [0.4, 0.5) is 0 Å².